The van der Waals surface area contributed by atoms with Crippen LogP contribution in [-0.2, 0) is 0 Å². The van der Waals surface area contributed by atoms with E-state index < -0.39 is 5.92 Å². The molecule has 0 spiro atoms. The molecule has 1 atom stereocenters. The van der Waals surface area contributed by atoms with Crippen molar-refractivity contribution in [1.82, 2.24) is 5.32 Å². The van der Waals surface area contributed by atoms with Gasteiger partial charge >= 0.3 is 0 Å². The molecule has 0 aromatic rings. The standard InChI is InChI=1S/C14H25F2N3.HI/c15-14(16)8-4-3-5-11(9-14)10-18-13(17)19-12-6-1-2-7-12;/h11-12H,1-10H2,(H3,17,18,19);1H. The summed E-state index contributed by atoms with van der Waals surface area (Å²) in [5.74, 6) is -2.11. The number of hydrogen-bond donors (Lipinski definition) is 2. The molecule has 2 rings (SSSR count). The zero-order chi connectivity index (χ0) is 13.7. The lowest BCUT2D eigenvalue weighted by Crippen LogP contribution is -2.39. The van der Waals surface area contributed by atoms with Gasteiger partial charge in [-0.1, -0.05) is 19.3 Å². The van der Waals surface area contributed by atoms with E-state index in [1.54, 1.807) is 0 Å². The minimum atomic E-state index is -2.51. The second-order valence-electron chi connectivity index (χ2n) is 6.02. The molecule has 0 aliphatic heterocycles. The van der Waals surface area contributed by atoms with E-state index in [-0.39, 0.29) is 42.7 Å². The summed E-state index contributed by atoms with van der Waals surface area (Å²) in [6, 6.07) is 0.430. The van der Waals surface area contributed by atoms with Gasteiger partial charge < -0.3 is 11.1 Å². The molecule has 0 radical (unpaired) electrons. The molecule has 0 heterocycles. The van der Waals surface area contributed by atoms with Gasteiger partial charge in [0.2, 0.25) is 5.92 Å². The Morgan fingerprint density at radius 1 is 1.15 bits per heavy atom. The number of hydrogen-bond acceptors (Lipinski definition) is 1. The van der Waals surface area contributed by atoms with Gasteiger partial charge in [0.1, 0.15) is 0 Å². The first-order valence-corrected chi connectivity index (χ1v) is 7.49. The Kier molecular flexibility index (Phi) is 7.47. The van der Waals surface area contributed by atoms with Gasteiger partial charge in [0.25, 0.3) is 0 Å². The highest BCUT2D eigenvalue weighted by Crippen LogP contribution is 2.35. The summed E-state index contributed by atoms with van der Waals surface area (Å²) < 4.78 is 26.9. The third kappa shape index (κ3) is 6.10. The summed E-state index contributed by atoms with van der Waals surface area (Å²) in [6.45, 7) is 0.432. The molecule has 2 fully saturated rings. The fraction of sp³-hybridized carbons (Fsp3) is 0.929. The lowest BCUT2D eigenvalue weighted by atomic mass is 9.99. The zero-order valence-electron chi connectivity index (χ0n) is 11.9. The summed E-state index contributed by atoms with van der Waals surface area (Å²) in [6.07, 6.45) is 7.09. The normalized spacial score (nSPS) is 27.7. The highest BCUT2D eigenvalue weighted by Gasteiger charge is 2.34. The molecule has 2 aliphatic rings. The predicted molar refractivity (Wildman–Crippen MR) is 88.8 cm³/mol. The second kappa shape index (κ2) is 8.34. The number of alkyl halides is 2. The molecule has 0 aromatic heterocycles. The Morgan fingerprint density at radius 3 is 2.50 bits per heavy atom. The minimum Gasteiger partial charge on any atom is -0.370 e. The van der Waals surface area contributed by atoms with Crippen molar-refractivity contribution in [3.63, 3.8) is 0 Å². The maximum Gasteiger partial charge on any atom is 0.248 e. The van der Waals surface area contributed by atoms with Gasteiger partial charge in [0.05, 0.1) is 0 Å². The Labute approximate surface area is 137 Å². The summed E-state index contributed by atoms with van der Waals surface area (Å²) in [7, 11) is 0. The Hall–Kier alpha value is -0.140. The Bertz CT molecular complexity index is 318. The van der Waals surface area contributed by atoms with E-state index >= 15 is 0 Å². The first-order valence-electron chi connectivity index (χ1n) is 7.49. The van der Waals surface area contributed by atoms with Crippen LogP contribution in [0.15, 0.2) is 4.99 Å². The van der Waals surface area contributed by atoms with Gasteiger partial charge in [-0.3, -0.25) is 4.99 Å². The smallest absolute Gasteiger partial charge is 0.248 e. The molecule has 2 aliphatic carbocycles. The maximum absolute atomic E-state index is 13.5. The highest BCUT2D eigenvalue weighted by molar-refractivity contribution is 14.0. The van der Waals surface area contributed by atoms with Gasteiger partial charge in [-0.05, 0) is 31.6 Å². The average Bonchev–Trinajstić information content (AvgIpc) is 2.77. The van der Waals surface area contributed by atoms with E-state index in [9.17, 15) is 8.78 Å². The van der Waals surface area contributed by atoms with Gasteiger partial charge in [0.15, 0.2) is 5.96 Å². The number of nitrogens with one attached hydrogen (secondary N) is 1. The Morgan fingerprint density at radius 2 is 1.80 bits per heavy atom. The molecular formula is C14H26F2IN3. The van der Waals surface area contributed by atoms with Crippen LogP contribution in [-0.4, -0.2) is 24.5 Å². The predicted octanol–water partition coefficient (Wildman–Crippen LogP) is 3.67. The van der Waals surface area contributed by atoms with Crippen LogP contribution < -0.4 is 11.1 Å². The van der Waals surface area contributed by atoms with E-state index in [2.05, 4.69) is 10.3 Å². The molecule has 0 bridgehead atoms. The fourth-order valence-electron chi connectivity index (χ4n) is 3.15. The van der Waals surface area contributed by atoms with Crippen LogP contribution in [0.3, 0.4) is 0 Å². The number of aliphatic imine (C=N–C) groups is 1. The number of guanidine groups is 1. The largest absolute Gasteiger partial charge is 0.370 e. The maximum atomic E-state index is 13.5. The Balaban J connectivity index is 0.00000200. The van der Waals surface area contributed by atoms with Crippen molar-refractivity contribution in [2.45, 2.75) is 69.8 Å². The first kappa shape index (κ1) is 17.9. The number of nitrogens with two attached hydrogens (primary N) is 1. The summed E-state index contributed by atoms with van der Waals surface area (Å²) in [5.41, 5.74) is 5.83. The van der Waals surface area contributed by atoms with Crippen molar-refractivity contribution in [3.05, 3.63) is 0 Å². The van der Waals surface area contributed by atoms with Gasteiger partial charge in [-0.15, -0.1) is 24.0 Å². The van der Waals surface area contributed by atoms with Crippen LogP contribution in [0.1, 0.15) is 57.8 Å². The number of nitrogens with zero attached hydrogens (tertiary/aromatic N) is 1. The van der Waals surface area contributed by atoms with Crippen molar-refractivity contribution in [3.8, 4) is 0 Å². The van der Waals surface area contributed by atoms with Crippen LogP contribution in [0.25, 0.3) is 0 Å². The van der Waals surface area contributed by atoms with Crippen molar-refractivity contribution in [2.24, 2.45) is 16.6 Å². The van der Waals surface area contributed by atoms with Gasteiger partial charge in [-0.25, -0.2) is 8.78 Å². The van der Waals surface area contributed by atoms with E-state index in [1.807, 2.05) is 0 Å². The third-order valence-corrected chi connectivity index (χ3v) is 4.22. The van der Waals surface area contributed by atoms with Crippen LogP contribution >= 0.6 is 24.0 Å². The minimum absolute atomic E-state index is 0. The summed E-state index contributed by atoms with van der Waals surface area (Å²) >= 11 is 0. The van der Waals surface area contributed by atoms with E-state index in [1.165, 1.54) is 12.8 Å². The molecule has 118 valence electrons. The van der Waals surface area contributed by atoms with Gasteiger partial charge in [-0.2, -0.15) is 0 Å². The molecule has 3 nitrogen and oxygen atoms in total. The molecule has 2 saturated carbocycles. The SMILES string of the molecule is I.NC(=NCC1CCCCC(F)(F)C1)NC1CCCC1. The van der Waals surface area contributed by atoms with Crippen LogP contribution in [0.4, 0.5) is 8.78 Å². The average molecular weight is 401 g/mol. The first-order chi connectivity index (χ1) is 9.05. The molecule has 0 amide bonds. The monoisotopic (exact) mass is 401 g/mol. The van der Waals surface area contributed by atoms with Crippen LogP contribution in [0.2, 0.25) is 0 Å². The fourth-order valence-corrected chi connectivity index (χ4v) is 3.15. The molecule has 3 N–H and O–H groups in total. The topological polar surface area (TPSA) is 50.4 Å². The molecule has 0 aromatic carbocycles. The van der Waals surface area contributed by atoms with E-state index in [0.717, 1.165) is 25.7 Å². The van der Waals surface area contributed by atoms with Crippen molar-refractivity contribution < 1.29 is 8.78 Å². The third-order valence-electron chi connectivity index (χ3n) is 4.22. The molecule has 0 saturated heterocycles. The van der Waals surface area contributed by atoms with Crippen molar-refractivity contribution in [2.75, 3.05) is 6.54 Å². The second-order valence-corrected chi connectivity index (χ2v) is 6.02. The van der Waals surface area contributed by atoms with Crippen LogP contribution in [0.5, 0.6) is 0 Å². The molecule has 1 unspecified atom stereocenters. The van der Waals surface area contributed by atoms with E-state index in [0.29, 0.717) is 25.0 Å². The molecular weight excluding hydrogens is 375 g/mol. The summed E-state index contributed by atoms with van der Waals surface area (Å²) in [4.78, 5) is 4.27. The lowest BCUT2D eigenvalue weighted by Gasteiger charge is -2.18. The molecule has 6 heteroatoms. The number of halogens is 3. The number of rotatable bonds is 3. The van der Waals surface area contributed by atoms with Crippen molar-refractivity contribution in [1.29, 1.82) is 0 Å². The van der Waals surface area contributed by atoms with Crippen LogP contribution in [0, 0.1) is 5.92 Å². The molecule has 20 heavy (non-hydrogen) atoms. The lowest BCUT2D eigenvalue weighted by molar-refractivity contribution is -0.0241. The zero-order valence-corrected chi connectivity index (χ0v) is 14.2. The van der Waals surface area contributed by atoms with E-state index in [4.69, 9.17) is 5.73 Å². The quantitative estimate of drug-likeness (QED) is 0.328. The van der Waals surface area contributed by atoms with Gasteiger partial charge in [0, 0.05) is 25.4 Å². The highest BCUT2D eigenvalue weighted by atomic mass is 127. The summed E-state index contributed by atoms with van der Waals surface area (Å²) in [5, 5.41) is 3.20. The van der Waals surface area contributed by atoms with Crippen molar-refractivity contribution >= 4 is 29.9 Å².